The molecule has 1 N–H and O–H groups in total. The fourth-order valence-corrected chi connectivity index (χ4v) is 1.96. The molecule has 1 aromatic carbocycles. The molecule has 0 aliphatic rings. The number of methoxy groups -OCH3 is 1. The molecule has 0 radical (unpaired) electrons. The summed E-state index contributed by atoms with van der Waals surface area (Å²) in [4.78, 5) is 4.07. The van der Waals surface area contributed by atoms with Crippen molar-refractivity contribution in [3.63, 3.8) is 0 Å². The molecule has 1 atom stereocenters. The molecule has 2 aromatic rings. The zero-order valence-electron chi connectivity index (χ0n) is 10.6. The minimum Gasteiger partial charge on any atom is -0.384 e. The van der Waals surface area contributed by atoms with E-state index in [9.17, 15) is 5.11 Å². The summed E-state index contributed by atoms with van der Waals surface area (Å²) in [7, 11) is 1.66. The van der Waals surface area contributed by atoms with E-state index in [2.05, 4.69) is 4.98 Å². The van der Waals surface area contributed by atoms with E-state index in [4.69, 9.17) is 4.74 Å². The summed E-state index contributed by atoms with van der Waals surface area (Å²) >= 11 is 0. The second kappa shape index (κ2) is 5.76. The number of ether oxygens (including phenoxy) is 1. The Morgan fingerprint density at radius 1 is 1.33 bits per heavy atom. The molecule has 1 heterocycles. The van der Waals surface area contributed by atoms with Crippen LogP contribution in [0.15, 0.2) is 42.7 Å². The Morgan fingerprint density at radius 3 is 2.89 bits per heavy atom. The fourth-order valence-electron chi connectivity index (χ4n) is 1.96. The number of rotatable bonds is 4. The van der Waals surface area contributed by atoms with Crippen molar-refractivity contribution in [1.29, 1.82) is 0 Å². The highest BCUT2D eigenvalue weighted by Crippen LogP contribution is 2.24. The molecule has 0 amide bonds. The predicted octanol–water partition coefficient (Wildman–Crippen LogP) is 2.62. The van der Waals surface area contributed by atoms with Crippen LogP contribution in [0.3, 0.4) is 0 Å². The van der Waals surface area contributed by atoms with Gasteiger partial charge in [-0.1, -0.05) is 24.3 Å². The van der Waals surface area contributed by atoms with Gasteiger partial charge in [-0.3, -0.25) is 4.98 Å². The van der Waals surface area contributed by atoms with Crippen molar-refractivity contribution in [3.05, 3.63) is 65.0 Å². The minimum absolute atomic E-state index is 0.548. The number of aryl methyl sites for hydroxylation is 1. The lowest BCUT2D eigenvalue weighted by Gasteiger charge is -2.14. The van der Waals surface area contributed by atoms with Crippen molar-refractivity contribution in [1.82, 2.24) is 4.98 Å². The highest BCUT2D eigenvalue weighted by Gasteiger charge is 2.13. The predicted molar refractivity (Wildman–Crippen MR) is 70.2 cm³/mol. The number of benzene rings is 1. The summed E-state index contributed by atoms with van der Waals surface area (Å²) in [6.45, 7) is 2.52. The molecule has 0 fully saturated rings. The van der Waals surface area contributed by atoms with E-state index in [1.165, 1.54) is 0 Å². The summed E-state index contributed by atoms with van der Waals surface area (Å²) in [5, 5.41) is 10.4. The first kappa shape index (κ1) is 12.7. The summed E-state index contributed by atoms with van der Waals surface area (Å²) in [6.07, 6.45) is 2.80. The molecular formula is C15H17NO2. The van der Waals surface area contributed by atoms with Gasteiger partial charge in [0, 0.05) is 25.1 Å². The number of hydrogen-bond acceptors (Lipinski definition) is 3. The van der Waals surface area contributed by atoms with Crippen LogP contribution < -0.4 is 0 Å². The second-order valence-electron chi connectivity index (χ2n) is 4.31. The molecule has 0 bridgehead atoms. The van der Waals surface area contributed by atoms with Gasteiger partial charge in [0.05, 0.1) is 6.61 Å². The van der Waals surface area contributed by atoms with Crippen LogP contribution in [0.2, 0.25) is 0 Å². The van der Waals surface area contributed by atoms with Gasteiger partial charge in [-0.05, 0) is 29.7 Å². The molecule has 3 nitrogen and oxygen atoms in total. The maximum atomic E-state index is 10.4. The van der Waals surface area contributed by atoms with Gasteiger partial charge in [-0.15, -0.1) is 0 Å². The SMILES string of the molecule is COCc1cccc(C(O)c2cnccc2C)c1. The smallest absolute Gasteiger partial charge is 0.106 e. The standard InChI is InChI=1S/C15H17NO2/c1-11-6-7-16-9-14(11)15(17)13-5-3-4-12(8-13)10-18-2/h3-9,15,17H,10H2,1-2H3. The molecule has 0 aliphatic heterocycles. The van der Waals surface area contributed by atoms with Gasteiger partial charge in [0.15, 0.2) is 0 Å². The first-order chi connectivity index (χ1) is 8.72. The van der Waals surface area contributed by atoms with Gasteiger partial charge in [-0.25, -0.2) is 0 Å². The Balaban J connectivity index is 2.31. The first-order valence-corrected chi connectivity index (χ1v) is 5.88. The lowest BCUT2D eigenvalue weighted by Crippen LogP contribution is -2.03. The van der Waals surface area contributed by atoms with E-state index in [0.29, 0.717) is 6.61 Å². The largest absolute Gasteiger partial charge is 0.384 e. The summed E-state index contributed by atoms with van der Waals surface area (Å²) in [5.74, 6) is 0. The third-order valence-corrected chi connectivity index (χ3v) is 2.95. The Labute approximate surface area is 107 Å². The zero-order chi connectivity index (χ0) is 13.0. The third-order valence-electron chi connectivity index (χ3n) is 2.95. The third kappa shape index (κ3) is 2.75. The first-order valence-electron chi connectivity index (χ1n) is 5.88. The monoisotopic (exact) mass is 243 g/mol. The van der Waals surface area contributed by atoms with Crippen molar-refractivity contribution in [2.24, 2.45) is 0 Å². The minimum atomic E-state index is -0.643. The van der Waals surface area contributed by atoms with Gasteiger partial charge >= 0.3 is 0 Å². The van der Waals surface area contributed by atoms with Crippen molar-refractivity contribution in [2.45, 2.75) is 19.6 Å². The topological polar surface area (TPSA) is 42.4 Å². The highest BCUT2D eigenvalue weighted by molar-refractivity contribution is 5.34. The van der Waals surface area contributed by atoms with E-state index in [-0.39, 0.29) is 0 Å². The van der Waals surface area contributed by atoms with E-state index < -0.39 is 6.10 Å². The molecule has 1 unspecified atom stereocenters. The average molecular weight is 243 g/mol. The Morgan fingerprint density at radius 2 is 2.17 bits per heavy atom. The van der Waals surface area contributed by atoms with Crippen LogP contribution in [0.5, 0.6) is 0 Å². The van der Waals surface area contributed by atoms with Crippen molar-refractivity contribution in [3.8, 4) is 0 Å². The second-order valence-corrected chi connectivity index (χ2v) is 4.31. The van der Waals surface area contributed by atoms with E-state index in [0.717, 1.165) is 22.3 Å². The maximum absolute atomic E-state index is 10.4. The normalized spacial score (nSPS) is 12.4. The fraction of sp³-hybridized carbons (Fsp3) is 0.267. The van der Waals surface area contributed by atoms with E-state index in [1.807, 2.05) is 37.3 Å². The Bertz CT molecular complexity index is 525. The number of aromatic nitrogens is 1. The molecular weight excluding hydrogens is 226 g/mol. The van der Waals surface area contributed by atoms with E-state index in [1.54, 1.807) is 19.5 Å². The lowest BCUT2D eigenvalue weighted by molar-refractivity contribution is 0.184. The Hall–Kier alpha value is -1.71. The van der Waals surface area contributed by atoms with Crippen LogP contribution >= 0.6 is 0 Å². The van der Waals surface area contributed by atoms with Crippen molar-refractivity contribution in [2.75, 3.05) is 7.11 Å². The van der Waals surface area contributed by atoms with Crippen LogP contribution in [-0.2, 0) is 11.3 Å². The number of aliphatic hydroxyl groups excluding tert-OH is 1. The molecule has 0 saturated heterocycles. The summed E-state index contributed by atoms with van der Waals surface area (Å²) in [5.41, 5.74) is 3.79. The molecule has 18 heavy (non-hydrogen) atoms. The molecule has 0 spiro atoms. The van der Waals surface area contributed by atoms with Gasteiger partial charge in [-0.2, -0.15) is 0 Å². The molecule has 2 rings (SSSR count). The molecule has 3 heteroatoms. The van der Waals surface area contributed by atoms with Crippen LogP contribution in [-0.4, -0.2) is 17.2 Å². The van der Waals surface area contributed by atoms with Crippen LogP contribution in [0.4, 0.5) is 0 Å². The number of aliphatic hydroxyl groups is 1. The molecule has 1 aromatic heterocycles. The number of hydrogen-bond donors (Lipinski definition) is 1. The molecule has 0 aliphatic carbocycles. The van der Waals surface area contributed by atoms with E-state index >= 15 is 0 Å². The van der Waals surface area contributed by atoms with Crippen molar-refractivity contribution < 1.29 is 9.84 Å². The zero-order valence-corrected chi connectivity index (χ0v) is 10.6. The number of nitrogens with zero attached hydrogens (tertiary/aromatic N) is 1. The average Bonchev–Trinajstić information content (AvgIpc) is 2.39. The van der Waals surface area contributed by atoms with Gasteiger partial charge in [0.25, 0.3) is 0 Å². The van der Waals surface area contributed by atoms with Gasteiger partial charge in [0.2, 0.25) is 0 Å². The molecule has 94 valence electrons. The van der Waals surface area contributed by atoms with Crippen LogP contribution in [0, 0.1) is 6.92 Å². The lowest BCUT2D eigenvalue weighted by atomic mass is 9.98. The van der Waals surface area contributed by atoms with Gasteiger partial charge < -0.3 is 9.84 Å². The van der Waals surface area contributed by atoms with Crippen LogP contribution in [0.25, 0.3) is 0 Å². The Kier molecular flexibility index (Phi) is 4.07. The summed E-state index contributed by atoms with van der Waals surface area (Å²) in [6, 6.07) is 9.68. The van der Waals surface area contributed by atoms with Crippen molar-refractivity contribution >= 4 is 0 Å². The van der Waals surface area contributed by atoms with Crippen LogP contribution in [0.1, 0.15) is 28.4 Å². The quantitative estimate of drug-likeness (QED) is 0.897. The molecule has 0 saturated carbocycles. The maximum Gasteiger partial charge on any atom is 0.106 e. The highest BCUT2D eigenvalue weighted by atomic mass is 16.5. The summed E-state index contributed by atoms with van der Waals surface area (Å²) < 4.78 is 5.10. The number of pyridine rings is 1. The van der Waals surface area contributed by atoms with Gasteiger partial charge in [0.1, 0.15) is 6.10 Å².